The molecule has 1 aliphatic rings. The van der Waals surface area contributed by atoms with Gasteiger partial charge in [-0.15, -0.1) is 0 Å². The highest BCUT2D eigenvalue weighted by atomic mass is 35.5. The Morgan fingerprint density at radius 1 is 0.882 bits per heavy atom. The van der Waals surface area contributed by atoms with Crippen LogP contribution in [0.2, 0.25) is 10.0 Å². The number of thioether (sulfide) groups is 1. The molecule has 1 fully saturated rings. The van der Waals surface area contributed by atoms with Crippen LogP contribution in [-0.4, -0.2) is 22.7 Å². The van der Waals surface area contributed by atoms with E-state index >= 15 is 0 Å². The fraction of sp³-hybridized carbons (Fsp3) is 0.154. The van der Waals surface area contributed by atoms with E-state index in [4.69, 9.17) is 32.7 Å². The van der Waals surface area contributed by atoms with Gasteiger partial charge in [-0.2, -0.15) is 0 Å². The fourth-order valence-electron chi connectivity index (χ4n) is 3.40. The summed E-state index contributed by atoms with van der Waals surface area (Å²) in [5.41, 5.74) is 2.45. The van der Waals surface area contributed by atoms with Gasteiger partial charge in [-0.25, -0.2) is 0 Å². The average molecular weight is 514 g/mol. The molecule has 1 saturated heterocycles. The first-order chi connectivity index (χ1) is 16.4. The van der Waals surface area contributed by atoms with Crippen LogP contribution in [0, 0.1) is 0 Å². The molecule has 0 unspecified atom stereocenters. The topological polar surface area (TPSA) is 55.8 Å². The Bertz CT molecular complexity index is 1260. The van der Waals surface area contributed by atoms with Crippen LogP contribution in [0.15, 0.2) is 71.6 Å². The third-order valence-corrected chi connectivity index (χ3v) is 6.33. The Labute approximate surface area is 212 Å². The second-order valence-electron chi connectivity index (χ2n) is 7.46. The minimum atomic E-state index is -0.339. The van der Waals surface area contributed by atoms with E-state index in [1.54, 1.807) is 36.4 Å². The number of amides is 2. The zero-order valence-corrected chi connectivity index (χ0v) is 20.6. The lowest BCUT2D eigenvalue weighted by Gasteiger charge is -2.13. The maximum absolute atomic E-state index is 12.9. The molecule has 3 aromatic rings. The first-order valence-electron chi connectivity index (χ1n) is 10.6. The monoisotopic (exact) mass is 513 g/mol. The molecular formula is C26H21Cl2NO4S. The lowest BCUT2D eigenvalue weighted by atomic mass is 10.1. The Balaban J connectivity index is 1.51. The third-order valence-electron chi connectivity index (χ3n) is 4.95. The first-order valence-corrected chi connectivity index (χ1v) is 12.1. The van der Waals surface area contributed by atoms with Gasteiger partial charge in [0.25, 0.3) is 11.1 Å². The van der Waals surface area contributed by atoms with Crippen LogP contribution in [0.3, 0.4) is 0 Å². The second-order valence-corrected chi connectivity index (χ2v) is 9.32. The summed E-state index contributed by atoms with van der Waals surface area (Å²) >= 11 is 13.0. The normalized spacial score (nSPS) is 14.7. The minimum absolute atomic E-state index is 0.170. The van der Waals surface area contributed by atoms with Crippen LogP contribution >= 0.6 is 35.0 Å². The van der Waals surface area contributed by atoms with Crippen molar-refractivity contribution in [3.05, 3.63) is 98.4 Å². The highest BCUT2D eigenvalue weighted by molar-refractivity contribution is 8.18. The van der Waals surface area contributed by atoms with Crippen molar-refractivity contribution in [1.82, 2.24) is 4.90 Å². The van der Waals surface area contributed by atoms with E-state index in [9.17, 15) is 9.59 Å². The summed E-state index contributed by atoms with van der Waals surface area (Å²) in [5, 5.41) is 0.884. The molecule has 0 spiro atoms. The largest absolute Gasteiger partial charge is 0.490 e. The summed E-state index contributed by atoms with van der Waals surface area (Å²) in [4.78, 5) is 26.9. The number of halogens is 2. The van der Waals surface area contributed by atoms with E-state index in [0.717, 1.165) is 28.5 Å². The molecule has 0 bridgehead atoms. The van der Waals surface area contributed by atoms with Crippen molar-refractivity contribution in [1.29, 1.82) is 0 Å². The number of carbonyl (C=O) groups is 2. The Morgan fingerprint density at radius 2 is 1.59 bits per heavy atom. The lowest BCUT2D eigenvalue weighted by Crippen LogP contribution is -2.27. The van der Waals surface area contributed by atoms with E-state index < -0.39 is 0 Å². The molecule has 0 N–H and O–H groups in total. The number of benzene rings is 3. The van der Waals surface area contributed by atoms with Crippen LogP contribution in [0.5, 0.6) is 11.5 Å². The summed E-state index contributed by atoms with van der Waals surface area (Å²) in [6, 6.07) is 20.0. The molecular weight excluding hydrogens is 493 g/mol. The predicted octanol–water partition coefficient (Wildman–Crippen LogP) is 7.21. The summed E-state index contributed by atoms with van der Waals surface area (Å²) in [6.07, 6.45) is 1.69. The van der Waals surface area contributed by atoms with Crippen molar-refractivity contribution in [3.8, 4) is 11.5 Å². The van der Waals surface area contributed by atoms with Gasteiger partial charge in [-0.1, -0.05) is 53.5 Å². The van der Waals surface area contributed by atoms with Gasteiger partial charge in [-0.05, 0) is 77.9 Å². The van der Waals surface area contributed by atoms with Crippen LogP contribution in [0.4, 0.5) is 4.79 Å². The number of imide groups is 1. The van der Waals surface area contributed by atoms with Gasteiger partial charge in [0.1, 0.15) is 6.61 Å². The van der Waals surface area contributed by atoms with Gasteiger partial charge in [0.2, 0.25) is 0 Å². The average Bonchev–Trinajstić information content (AvgIpc) is 3.06. The number of rotatable bonds is 8. The van der Waals surface area contributed by atoms with Crippen molar-refractivity contribution in [3.63, 3.8) is 0 Å². The van der Waals surface area contributed by atoms with Crippen LogP contribution in [-0.2, 0) is 17.9 Å². The third kappa shape index (κ3) is 5.95. The number of hydrogen-bond donors (Lipinski definition) is 0. The molecule has 1 heterocycles. The van der Waals surface area contributed by atoms with Crippen LogP contribution in [0.1, 0.15) is 23.6 Å². The van der Waals surface area contributed by atoms with E-state index in [2.05, 4.69) is 0 Å². The lowest BCUT2D eigenvalue weighted by molar-refractivity contribution is -0.123. The predicted molar refractivity (Wildman–Crippen MR) is 136 cm³/mol. The number of nitrogens with zero attached hydrogens (tertiary/aromatic N) is 1. The molecule has 2 amide bonds. The van der Waals surface area contributed by atoms with Gasteiger partial charge >= 0.3 is 0 Å². The van der Waals surface area contributed by atoms with Crippen molar-refractivity contribution < 1.29 is 19.1 Å². The maximum Gasteiger partial charge on any atom is 0.293 e. The second kappa shape index (κ2) is 11.0. The number of carbonyl (C=O) groups excluding carboxylic acids is 2. The molecule has 1 aliphatic heterocycles. The highest BCUT2D eigenvalue weighted by Gasteiger charge is 2.35. The number of hydrogen-bond acceptors (Lipinski definition) is 5. The summed E-state index contributed by atoms with van der Waals surface area (Å²) in [6.45, 7) is 2.84. The molecule has 34 heavy (non-hydrogen) atoms. The van der Waals surface area contributed by atoms with Crippen molar-refractivity contribution in [2.75, 3.05) is 6.61 Å². The molecule has 8 heteroatoms. The molecule has 0 radical (unpaired) electrons. The molecule has 4 rings (SSSR count). The standard InChI is InChI=1S/C26H21Cl2NO4S/c1-2-32-23-13-17(9-10-22(23)33-16-19-6-4-8-21(28)12-19)14-24-25(30)29(26(31)34-24)15-18-5-3-7-20(27)11-18/h3-14H,2,15-16H2,1H3/b24-14-. The van der Waals surface area contributed by atoms with Crippen molar-refractivity contribution in [2.45, 2.75) is 20.1 Å². The summed E-state index contributed by atoms with van der Waals surface area (Å²) in [5.74, 6) is 0.790. The quantitative estimate of drug-likeness (QED) is 0.298. The van der Waals surface area contributed by atoms with Gasteiger partial charge in [0, 0.05) is 10.0 Å². The van der Waals surface area contributed by atoms with Crippen LogP contribution in [0.25, 0.3) is 6.08 Å². The Morgan fingerprint density at radius 3 is 2.29 bits per heavy atom. The molecule has 0 atom stereocenters. The van der Waals surface area contributed by atoms with E-state index in [1.807, 2.05) is 43.3 Å². The zero-order chi connectivity index (χ0) is 24.1. The van der Waals surface area contributed by atoms with Gasteiger partial charge in [0.05, 0.1) is 18.1 Å². The SMILES string of the molecule is CCOc1cc(/C=C2\SC(=O)N(Cc3cccc(Cl)c3)C2=O)ccc1OCc1cccc(Cl)c1. The van der Waals surface area contributed by atoms with Crippen molar-refractivity contribution in [2.24, 2.45) is 0 Å². The molecule has 0 aromatic heterocycles. The minimum Gasteiger partial charge on any atom is -0.490 e. The first kappa shape index (κ1) is 24.2. The van der Waals surface area contributed by atoms with Crippen molar-refractivity contribution >= 4 is 52.2 Å². The van der Waals surface area contributed by atoms with Gasteiger partial charge in [0.15, 0.2) is 11.5 Å². The molecule has 3 aromatic carbocycles. The maximum atomic E-state index is 12.9. The van der Waals surface area contributed by atoms with E-state index in [1.165, 1.54) is 4.90 Å². The zero-order valence-electron chi connectivity index (χ0n) is 18.3. The molecule has 5 nitrogen and oxygen atoms in total. The Kier molecular flexibility index (Phi) is 7.83. The smallest absolute Gasteiger partial charge is 0.293 e. The molecule has 0 aliphatic carbocycles. The molecule has 174 valence electrons. The van der Waals surface area contributed by atoms with Crippen LogP contribution < -0.4 is 9.47 Å². The highest BCUT2D eigenvalue weighted by Crippen LogP contribution is 2.35. The Hall–Kier alpha value is -2.93. The van der Waals surface area contributed by atoms with Gasteiger partial charge in [-0.3, -0.25) is 14.5 Å². The summed E-state index contributed by atoms with van der Waals surface area (Å²) < 4.78 is 11.7. The summed E-state index contributed by atoms with van der Waals surface area (Å²) in [7, 11) is 0. The number of ether oxygens (including phenoxy) is 2. The van der Waals surface area contributed by atoms with Gasteiger partial charge < -0.3 is 9.47 Å². The fourth-order valence-corrected chi connectivity index (χ4v) is 4.66. The van der Waals surface area contributed by atoms with E-state index in [-0.39, 0.29) is 17.7 Å². The molecule has 0 saturated carbocycles. The van der Waals surface area contributed by atoms with E-state index in [0.29, 0.717) is 39.7 Å².